The largest absolute Gasteiger partial charge is 0.497 e. The van der Waals surface area contributed by atoms with Crippen molar-refractivity contribution in [1.29, 1.82) is 0 Å². The number of hydrogen-bond acceptors (Lipinski definition) is 8. The van der Waals surface area contributed by atoms with Crippen LogP contribution < -0.4 is 24.8 Å². The normalized spacial score (nSPS) is 20.4. The molecule has 238 valence electrons. The highest BCUT2D eigenvalue weighted by molar-refractivity contribution is 6.06. The highest BCUT2D eigenvalue weighted by Crippen LogP contribution is 2.37. The van der Waals surface area contributed by atoms with E-state index in [1.54, 1.807) is 16.0 Å². The Kier molecular flexibility index (Phi) is 8.50. The fourth-order valence-corrected chi connectivity index (χ4v) is 6.47. The van der Waals surface area contributed by atoms with Gasteiger partial charge in [0.25, 0.3) is 0 Å². The Bertz CT molecular complexity index is 1600. The molecule has 1 unspecified atom stereocenters. The summed E-state index contributed by atoms with van der Waals surface area (Å²) in [5.74, 6) is 0.759. The predicted molar refractivity (Wildman–Crippen MR) is 173 cm³/mol. The molecule has 0 spiro atoms. The van der Waals surface area contributed by atoms with Gasteiger partial charge in [-0.25, -0.2) is 14.2 Å². The van der Waals surface area contributed by atoms with E-state index in [9.17, 15) is 9.59 Å². The number of aromatic nitrogens is 2. The van der Waals surface area contributed by atoms with Gasteiger partial charge in [-0.2, -0.15) is 4.98 Å². The van der Waals surface area contributed by atoms with Crippen LogP contribution in [0.4, 0.5) is 38.0 Å². The summed E-state index contributed by atoms with van der Waals surface area (Å²) in [4.78, 5) is 45.7. The number of likely N-dealkylation sites (N-methyl/N-ethyl adjacent to an activating group) is 1. The number of ether oxygens (including phenoxy) is 1. The van der Waals surface area contributed by atoms with Crippen LogP contribution in [-0.4, -0.2) is 90.7 Å². The van der Waals surface area contributed by atoms with Crippen LogP contribution in [0.15, 0.2) is 42.6 Å². The summed E-state index contributed by atoms with van der Waals surface area (Å²) in [6.07, 6.45) is 2.66. The topological polar surface area (TPSA) is 97.4 Å². The lowest BCUT2D eigenvalue weighted by Crippen LogP contribution is -2.53. The maximum atomic E-state index is 15.1. The van der Waals surface area contributed by atoms with E-state index in [0.29, 0.717) is 55.1 Å². The van der Waals surface area contributed by atoms with Crippen molar-refractivity contribution in [3.8, 4) is 5.75 Å². The molecule has 1 N–H and O–H groups in total. The second-order valence-corrected chi connectivity index (χ2v) is 12.1. The number of amides is 3. The van der Waals surface area contributed by atoms with E-state index in [1.165, 1.54) is 35.9 Å². The van der Waals surface area contributed by atoms with Crippen molar-refractivity contribution in [1.82, 2.24) is 19.8 Å². The van der Waals surface area contributed by atoms with Crippen molar-refractivity contribution in [2.45, 2.75) is 52.2 Å². The third-order valence-electron chi connectivity index (χ3n) is 9.22. The minimum atomic E-state index is -0.536. The van der Waals surface area contributed by atoms with Gasteiger partial charge in [-0.1, -0.05) is 6.92 Å². The number of carbonyl (C=O) groups is 2. The van der Waals surface area contributed by atoms with E-state index >= 15 is 4.39 Å². The number of nitrogens with zero attached hydrogens (tertiary/aromatic N) is 7. The number of anilines is 5. The van der Waals surface area contributed by atoms with Gasteiger partial charge in [-0.3, -0.25) is 14.6 Å². The van der Waals surface area contributed by atoms with E-state index in [0.717, 1.165) is 30.9 Å². The molecule has 1 aromatic heterocycles. The van der Waals surface area contributed by atoms with Crippen LogP contribution in [0.3, 0.4) is 0 Å². The van der Waals surface area contributed by atoms with Crippen LogP contribution in [0.2, 0.25) is 0 Å². The minimum Gasteiger partial charge on any atom is -0.497 e. The number of piperazine rings is 1. The number of aryl methyl sites for hydroxylation is 1. The maximum absolute atomic E-state index is 15.1. The molecule has 0 saturated carbocycles. The molecular formula is C33H41FN8O3. The predicted octanol–water partition coefficient (Wildman–Crippen LogP) is 4.77. The molecule has 0 radical (unpaired) electrons. The number of fused-ring (bicyclic) bond motifs is 1. The van der Waals surface area contributed by atoms with Crippen molar-refractivity contribution in [3.63, 3.8) is 0 Å². The molecule has 2 saturated heterocycles. The zero-order valence-corrected chi connectivity index (χ0v) is 26.6. The molecule has 12 heteroatoms. The van der Waals surface area contributed by atoms with Crippen molar-refractivity contribution >= 4 is 40.8 Å². The van der Waals surface area contributed by atoms with Crippen LogP contribution in [0, 0.1) is 12.7 Å². The number of rotatable bonds is 7. The summed E-state index contributed by atoms with van der Waals surface area (Å²) in [5, 5.41) is 3.33. The molecule has 6 rings (SSSR count). The Morgan fingerprint density at radius 3 is 2.67 bits per heavy atom. The summed E-state index contributed by atoms with van der Waals surface area (Å²) in [7, 11) is 3.66. The zero-order valence-electron chi connectivity index (χ0n) is 26.6. The molecule has 2 fully saturated rings. The van der Waals surface area contributed by atoms with E-state index in [-0.39, 0.29) is 24.2 Å². The lowest BCUT2D eigenvalue weighted by Gasteiger charge is -2.39. The lowest BCUT2D eigenvalue weighted by atomic mass is 10.1. The standard InChI is InChI=1S/C33H41FN8O3/c1-6-30(43)40-12-11-25(20-40)42-31-23(19-41(33(42)44)29-16-26(45-5)8-9-27(29)34)17-35-32(37-31)36-24-7-10-28(21(2)15-24)39-14-13-38(4)22(3)18-39/h7-10,15-17,22,25H,6,11-14,18-20H2,1-5H3,(H,35,36,37)/t22?,25-/m0/s1. The Morgan fingerprint density at radius 1 is 1.11 bits per heavy atom. The molecule has 11 nitrogen and oxygen atoms in total. The fraction of sp³-hybridized carbons (Fsp3) is 0.455. The molecule has 3 aromatic rings. The highest BCUT2D eigenvalue weighted by atomic mass is 19.1. The molecule has 0 bridgehead atoms. The van der Waals surface area contributed by atoms with Gasteiger partial charge >= 0.3 is 6.03 Å². The minimum absolute atomic E-state index is 0.0350. The Hall–Kier alpha value is -4.45. The molecule has 4 heterocycles. The Labute approximate surface area is 263 Å². The van der Waals surface area contributed by atoms with Crippen LogP contribution in [0.25, 0.3) is 0 Å². The number of urea groups is 1. The number of nitrogens with one attached hydrogen (secondary N) is 1. The number of benzene rings is 2. The maximum Gasteiger partial charge on any atom is 0.330 e. The third-order valence-corrected chi connectivity index (χ3v) is 9.22. The Morgan fingerprint density at radius 2 is 1.93 bits per heavy atom. The number of hydrogen-bond donors (Lipinski definition) is 1. The lowest BCUT2D eigenvalue weighted by molar-refractivity contribution is -0.129. The molecule has 2 aromatic carbocycles. The monoisotopic (exact) mass is 616 g/mol. The fourth-order valence-electron chi connectivity index (χ4n) is 6.47. The van der Waals surface area contributed by atoms with Crippen LogP contribution in [-0.2, 0) is 11.3 Å². The van der Waals surface area contributed by atoms with Gasteiger partial charge in [0.05, 0.1) is 25.4 Å². The number of methoxy groups -OCH3 is 1. The first-order chi connectivity index (χ1) is 21.7. The van der Waals surface area contributed by atoms with Gasteiger partial charge in [0.2, 0.25) is 11.9 Å². The van der Waals surface area contributed by atoms with Crippen molar-refractivity contribution in [2.24, 2.45) is 0 Å². The molecule has 3 aliphatic heterocycles. The van der Waals surface area contributed by atoms with E-state index in [1.807, 2.05) is 13.0 Å². The van der Waals surface area contributed by atoms with Gasteiger partial charge in [0, 0.05) is 74.4 Å². The summed E-state index contributed by atoms with van der Waals surface area (Å²) in [6, 6.07) is 10.3. The van der Waals surface area contributed by atoms with Crippen LogP contribution in [0.5, 0.6) is 5.75 Å². The Balaban J connectivity index is 1.30. The molecule has 2 atom stereocenters. The van der Waals surface area contributed by atoms with Crippen LogP contribution >= 0.6 is 0 Å². The van der Waals surface area contributed by atoms with Gasteiger partial charge in [-0.05, 0) is 63.2 Å². The quantitative estimate of drug-likeness (QED) is 0.406. The van der Waals surface area contributed by atoms with E-state index in [4.69, 9.17) is 9.72 Å². The number of carbonyl (C=O) groups excluding carboxylic acids is 2. The first-order valence-electron chi connectivity index (χ1n) is 15.6. The first-order valence-corrected chi connectivity index (χ1v) is 15.6. The van der Waals surface area contributed by atoms with E-state index in [2.05, 4.69) is 53.1 Å². The zero-order chi connectivity index (χ0) is 31.8. The summed E-state index contributed by atoms with van der Waals surface area (Å²) in [5.41, 5.74) is 3.99. The number of halogens is 1. The van der Waals surface area contributed by atoms with Gasteiger partial charge in [0.15, 0.2) is 0 Å². The molecule has 45 heavy (non-hydrogen) atoms. The van der Waals surface area contributed by atoms with Crippen molar-refractivity contribution in [3.05, 3.63) is 59.5 Å². The number of likely N-dealkylation sites (tertiary alicyclic amines) is 1. The third kappa shape index (κ3) is 5.98. The average Bonchev–Trinajstić information content (AvgIpc) is 3.52. The second-order valence-electron chi connectivity index (χ2n) is 12.1. The van der Waals surface area contributed by atoms with Crippen molar-refractivity contribution in [2.75, 3.05) is 66.9 Å². The summed E-state index contributed by atoms with van der Waals surface area (Å²) >= 11 is 0. The summed E-state index contributed by atoms with van der Waals surface area (Å²) < 4.78 is 20.4. The average molecular weight is 617 g/mol. The van der Waals surface area contributed by atoms with Crippen molar-refractivity contribution < 1.29 is 18.7 Å². The molecular weight excluding hydrogens is 575 g/mol. The molecule has 3 amide bonds. The first kappa shape index (κ1) is 30.6. The summed E-state index contributed by atoms with van der Waals surface area (Å²) in [6.45, 7) is 10.2. The highest BCUT2D eigenvalue weighted by Gasteiger charge is 2.41. The van der Waals surface area contributed by atoms with Gasteiger partial charge in [-0.15, -0.1) is 0 Å². The molecule has 0 aliphatic carbocycles. The second kappa shape index (κ2) is 12.5. The van der Waals surface area contributed by atoms with E-state index < -0.39 is 11.8 Å². The van der Waals surface area contributed by atoms with Gasteiger partial charge < -0.3 is 24.8 Å². The smallest absolute Gasteiger partial charge is 0.330 e. The van der Waals surface area contributed by atoms with Crippen LogP contribution in [0.1, 0.15) is 37.8 Å². The molecule has 3 aliphatic rings. The van der Waals surface area contributed by atoms with Gasteiger partial charge in [0.1, 0.15) is 17.4 Å². The SMILES string of the molecule is CCC(=O)N1CC[C@H](N2C(=O)N(c3cc(OC)ccc3F)Cc3cnc(Nc4ccc(N5CCN(C)C(C)C5)c(C)c4)nc32)C1.